The molecule has 0 radical (unpaired) electrons. The first-order valence-corrected chi connectivity index (χ1v) is 6.94. The fourth-order valence-electron chi connectivity index (χ4n) is 2.35. The summed E-state index contributed by atoms with van der Waals surface area (Å²) in [6.07, 6.45) is 4.29. The lowest BCUT2D eigenvalue weighted by molar-refractivity contribution is -0.384. The molecular weight excluding hydrogens is 296 g/mol. The van der Waals surface area contributed by atoms with Crippen LogP contribution in [0.25, 0.3) is 0 Å². The fourth-order valence-corrected chi connectivity index (χ4v) is 2.35. The Kier molecular flexibility index (Phi) is 7.42. The molecule has 0 heterocycles. The second-order valence-electron chi connectivity index (χ2n) is 5.11. The highest BCUT2D eigenvalue weighted by molar-refractivity contribution is 5.35. The predicted molar refractivity (Wildman–Crippen MR) is 74.9 cm³/mol. The van der Waals surface area contributed by atoms with Gasteiger partial charge in [0.05, 0.1) is 4.92 Å². The van der Waals surface area contributed by atoms with E-state index in [1.54, 1.807) is 0 Å². The highest BCUT2D eigenvalue weighted by Crippen LogP contribution is 2.18. The third kappa shape index (κ3) is 5.87. The topological polar surface area (TPSA) is 84.6 Å². The zero-order valence-electron chi connectivity index (χ0n) is 11.7. The number of aliphatic hydroxyl groups is 1. The Morgan fingerprint density at radius 1 is 1.33 bits per heavy atom. The molecule has 1 aliphatic carbocycles. The van der Waals surface area contributed by atoms with Crippen molar-refractivity contribution in [1.29, 1.82) is 0 Å². The third-order valence-electron chi connectivity index (χ3n) is 3.49. The van der Waals surface area contributed by atoms with Crippen LogP contribution >= 0.6 is 0 Å². The number of benzene rings is 1. The number of nitro benzene ring substituents is 1. The molecule has 7 heteroatoms. The van der Waals surface area contributed by atoms with Crippen molar-refractivity contribution in [3.8, 4) is 5.75 Å². The van der Waals surface area contributed by atoms with E-state index in [4.69, 9.17) is 4.74 Å². The van der Waals surface area contributed by atoms with Gasteiger partial charge in [-0.25, -0.2) is 0 Å². The molecule has 0 aromatic heterocycles. The van der Waals surface area contributed by atoms with Gasteiger partial charge in [-0.15, -0.1) is 0 Å². The van der Waals surface area contributed by atoms with Gasteiger partial charge in [-0.3, -0.25) is 10.1 Å². The maximum absolute atomic E-state index is 10.5. The monoisotopic (exact) mass is 315 g/mol. The molecule has 6 nitrogen and oxygen atoms in total. The van der Waals surface area contributed by atoms with Gasteiger partial charge in [0.2, 0.25) is 0 Å². The number of nitrogens with zero attached hydrogens (tertiary/aromatic N) is 1. The summed E-state index contributed by atoms with van der Waals surface area (Å²) in [5.74, 6) is 0.524. The first kappa shape index (κ1) is 17.7. The average molecular weight is 316 g/mol. The largest absolute Gasteiger partial charge is 1.00 e. The lowest BCUT2D eigenvalue weighted by atomic mass is 10.2. The number of ether oxygens (including phenoxy) is 1. The van der Waals surface area contributed by atoms with E-state index in [2.05, 4.69) is 5.32 Å². The van der Waals surface area contributed by atoms with Gasteiger partial charge < -0.3 is 27.6 Å². The summed E-state index contributed by atoms with van der Waals surface area (Å²) in [4.78, 5) is 10.1. The van der Waals surface area contributed by atoms with E-state index in [0.717, 1.165) is 0 Å². The predicted octanol–water partition coefficient (Wildman–Crippen LogP) is -1.13. The lowest BCUT2D eigenvalue weighted by Gasteiger charge is -2.16. The molecule has 0 spiro atoms. The third-order valence-corrected chi connectivity index (χ3v) is 3.49. The Bertz CT molecular complexity index is 435. The Morgan fingerprint density at radius 3 is 2.52 bits per heavy atom. The molecule has 21 heavy (non-hydrogen) atoms. The molecule has 2 rings (SSSR count). The van der Waals surface area contributed by atoms with Crippen LogP contribution in [0.5, 0.6) is 5.75 Å². The Balaban J connectivity index is 0.00000220. The summed E-state index contributed by atoms with van der Waals surface area (Å²) < 4.78 is 5.41. The zero-order valence-corrected chi connectivity index (χ0v) is 12.5. The molecule has 2 N–H and O–H groups in total. The first-order chi connectivity index (χ1) is 9.65. The molecule has 1 fully saturated rings. The summed E-state index contributed by atoms with van der Waals surface area (Å²) in [5.41, 5.74) is 0.0285. The molecule has 1 unspecified atom stereocenters. The minimum atomic E-state index is -0.578. The van der Waals surface area contributed by atoms with Crippen molar-refractivity contribution in [2.75, 3.05) is 13.2 Å². The average Bonchev–Trinajstić information content (AvgIpc) is 2.96. The van der Waals surface area contributed by atoms with Crippen molar-refractivity contribution in [3.63, 3.8) is 0 Å². The summed E-state index contributed by atoms with van der Waals surface area (Å²) in [7, 11) is 0. The van der Waals surface area contributed by atoms with E-state index in [1.165, 1.54) is 49.9 Å². The van der Waals surface area contributed by atoms with Gasteiger partial charge in [0, 0.05) is 24.7 Å². The van der Waals surface area contributed by atoms with Crippen LogP contribution in [0, 0.1) is 10.1 Å². The number of nitrogens with one attached hydrogen (secondary N) is 1. The van der Waals surface area contributed by atoms with Crippen LogP contribution in [0.15, 0.2) is 24.3 Å². The van der Waals surface area contributed by atoms with E-state index in [9.17, 15) is 15.2 Å². The van der Waals surface area contributed by atoms with Gasteiger partial charge in [0.15, 0.2) is 0 Å². The molecule has 1 aliphatic rings. The fraction of sp³-hybridized carbons (Fsp3) is 0.571. The number of aliphatic hydroxyl groups excluding tert-OH is 1. The van der Waals surface area contributed by atoms with Crippen LogP contribution in [-0.4, -0.2) is 35.3 Å². The van der Waals surface area contributed by atoms with Crippen LogP contribution in [0.1, 0.15) is 25.7 Å². The molecule has 0 bridgehead atoms. The molecule has 0 amide bonds. The second-order valence-corrected chi connectivity index (χ2v) is 5.11. The van der Waals surface area contributed by atoms with Gasteiger partial charge in [-0.2, -0.15) is 0 Å². The quantitative estimate of drug-likeness (QED) is 0.491. The van der Waals surface area contributed by atoms with E-state index < -0.39 is 11.0 Å². The molecule has 1 aromatic rings. The number of nitro groups is 1. The van der Waals surface area contributed by atoms with Gasteiger partial charge in [-0.05, 0) is 25.0 Å². The molecule has 0 aliphatic heterocycles. The van der Waals surface area contributed by atoms with Crippen LogP contribution < -0.4 is 22.5 Å². The highest BCUT2D eigenvalue weighted by Gasteiger charge is 2.15. The first-order valence-electron chi connectivity index (χ1n) is 6.94. The number of hydrogen-bond donors (Lipinski definition) is 2. The van der Waals surface area contributed by atoms with Crippen LogP contribution in [0.2, 0.25) is 0 Å². The summed E-state index contributed by atoms with van der Waals surface area (Å²) >= 11 is 0. The smallest absolute Gasteiger partial charge is 0.269 e. The zero-order chi connectivity index (χ0) is 14.4. The van der Waals surface area contributed by atoms with Crippen molar-refractivity contribution >= 4 is 5.69 Å². The van der Waals surface area contributed by atoms with Crippen molar-refractivity contribution in [3.05, 3.63) is 34.4 Å². The minimum Gasteiger partial charge on any atom is -1.00 e. The highest BCUT2D eigenvalue weighted by atomic mass is 35.5. The molecule has 0 saturated heterocycles. The Morgan fingerprint density at radius 2 is 1.95 bits per heavy atom. The summed E-state index contributed by atoms with van der Waals surface area (Å²) in [6.45, 7) is 0.690. The normalized spacial score (nSPS) is 16.2. The maximum atomic E-state index is 10.5. The molecular formula is C14H20ClN2O4-. The van der Waals surface area contributed by atoms with Crippen molar-refractivity contribution in [2.24, 2.45) is 0 Å². The molecule has 118 valence electrons. The number of hydrogen-bond acceptors (Lipinski definition) is 5. The van der Waals surface area contributed by atoms with Crippen molar-refractivity contribution < 1.29 is 27.2 Å². The minimum absolute atomic E-state index is 0. The summed E-state index contributed by atoms with van der Waals surface area (Å²) in [5, 5.41) is 23.6. The number of rotatable bonds is 7. The van der Waals surface area contributed by atoms with E-state index in [1.807, 2.05) is 0 Å². The Labute approximate surface area is 130 Å². The standard InChI is InChI=1S/C14H20N2O4.ClH/c17-13(9-15-11-3-1-2-4-11)10-20-14-7-5-12(6-8-14)16(18)19;/h5-8,11,13,15,17H,1-4,9-10H2;1H/p-1. The molecule has 1 atom stereocenters. The van der Waals surface area contributed by atoms with Crippen LogP contribution in [-0.2, 0) is 0 Å². The van der Waals surface area contributed by atoms with Crippen LogP contribution in [0.3, 0.4) is 0 Å². The van der Waals surface area contributed by atoms with E-state index >= 15 is 0 Å². The Hall–Kier alpha value is -1.37. The van der Waals surface area contributed by atoms with Gasteiger partial charge in [0.1, 0.15) is 18.5 Å². The second kappa shape index (κ2) is 8.81. The van der Waals surface area contributed by atoms with Crippen molar-refractivity contribution in [1.82, 2.24) is 5.32 Å². The van der Waals surface area contributed by atoms with E-state index in [0.29, 0.717) is 18.3 Å². The maximum Gasteiger partial charge on any atom is 0.269 e. The van der Waals surface area contributed by atoms with E-state index in [-0.39, 0.29) is 24.7 Å². The lowest BCUT2D eigenvalue weighted by Crippen LogP contribution is -3.00. The van der Waals surface area contributed by atoms with Gasteiger partial charge >= 0.3 is 0 Å². The summed E-state index contributed by atoms with van der Waals surface area (Å²) in [6, 6.07) is 6.37. The SMILES string of the molecule is O=[N+]([O-])c1ccc(OCC(O)CNC2CCCC2)cc1.[Cl-]. The molecule has 1 saturated carbocycles. The van der Waals surface area contributed by atoms with Crippen molar-refractivity contribution in [2.45, 2.75) is 37.8 Å². The van der Waals surface area contributed by atoms with Gasteiger partial charge in [0.25, 0.3) is 5.69 Å². The number of halogens is 1. The number of non-ortho nitro benzene ring substituents is 1. The molecule has 1 aromatic carbocycles. The van der Waals surface area contributed by atoms with Crippen LogP contribution in [0.4, 0.5) is 5.69 Å². The van der Waals surface area contributed by atoms with Gasteiger partial charge in [-0.1, -0.05) is 12.8 Å².